The zero-order chi connectivity index (χ0) is 13.3. The number of halogens is 2. The van der Waals surface area contributed by atoms with E-state index in [1.165, 1.54) is 24.8 Å². The fourth-order valence-electron chi connectivity index (χ4n) is 2.97. The zero-order valence-electron chi connectivity index (χ0n) is 11.0. The van der Waals surface area contributed by atoms with Gasteiger partial charge >= 0.3 is 0 Å². The second-order valence-corrected chi connectivity index (χ2v) is 6.69. The Morgan fingerprint density at radius 3 is 2.33 bits per heavy atom. The van der Waals surface area contributed by atoms with E-state index in [4.69, 9.17) is 28.9 Å². The predicted octanol–water partition coefficient (Wildman–Crippen LogP) is 4.79. The van der Waals surface area contributed by atoms with Crippen LogP contribution >= 0.6 is 23.2 Å². The Hall–Kier alpha value is -0.240. The SMILES string of the molecule is CC(C)C[C@@H](N)C1(c2ccc(Cl)c(Cl)c2)CCC1. The number of benzene rings is 1. The van der Waals surface area contributed by atoms with Crippen molar-refractivity contribution >= 4 is 23.2 Å². The van der Waals surface area contributed by atoms with Crippen molar-refractivity contribution in [3.63, 3.8) is 0 Å². The third-order valence-electron chi connectivity index (χ3n) is 4.18. The van der Waals surface area contributed by atoms with E-state index in [0.717, 1.165) is 6.42 Å². The third-order valence-corrected chi connectivity index (χ3v) is 4.91. The van der Waals surface area contributed by atoms with Gasteiger partial charge in [0.05, 0.1) is 10.0 Å². The van der Waals surface area contributed by atoms with E-state index >= 15 is 0 Å². The molecule has 1 aliphatic rings. The van der Waals surface area contributed by atoms with Gasteiger partial charge in [0.1, 0.15) is 0 Å². The Bertz CT molecular complexity index is 425. The number of hydrogen-bond acceptors (Lipinski definition) is 1. The van der Waals surface area contributed by atoms with E-state index in [2.05, 4.69) is 19.9 Å². The van der Waals surface area contributed by atoms with Gasteiger partial charge in [0.15, 0.2) is 0 Å². The largest absolute Gasteiger partial charge is 0.327 e. The minimum Gasteiger partial charge on any atom is -0.327 e. The van der Waals surface area contributed by atoms with Crippen molar-refractivity contribution in [3.8, 4) is 0 Å². The first-order valence-electron chi connectivity index (χ1n) is 6.67. The lowest BCUT2D eigenvalue weighted by Gasteiger charge is -2.47. The van der Waals surface area contributed by atoms with Crippen molar-refractivity contribution in [3.05, 3.63) is 33.8 Å². The van der Waals surface area contributed by atoms with Crippen LogP contribution in [0.5, 0.6) is 0 Å². The fourth-order valence-corrected chi connectivity index (χ4v) is 3.27. The second-order valence-electron chi connectivity index (χ2n) is 5.87. The molecule has 0 saturated heterocycles. The van der Waals surface area contributed by atoms with Gasteiger partial charge in [0, 0.05) is 11.5 Å². The summed E-state index contributed by atoms with van der Waals surface area (Å²) in [6, 6.07) is 6.20. The van der Waals surface area contributed by atoms with E-state index in [-0.39, 0.29) is 11.5 Å². The summed E-state index contributed by atoms with van der Waals surface area (Å²) in [5.41, 5.74) is 7.84. The molecule has 1 atom stereocenters. The molecule has 2 rings (SSSR count). The van der Waals surface area contributed by atoms with E-state index in [1.54, 1.807) is 0 Å². The summed E-state index contributed by atoms with van der Waals surface area (Å²) in [4.78, 5) is 0. The van der Waals surface area contributed by atoms with Gasteiger partial charge in [-0.1, -0.05) is 49.5 Å². The first-order chi connectivity index (χ1) is 8.45. The monoisotopic (exact) mass is 285 g/mol. The average molecular weight is 286 g/mol. The van der Waals surface area contributed by atoms with Gasteiger partial charge in [0.2, 0.25) is 0 Å². The molecule has 18 heavy (non-hydrogen) atoms. The minimum atomic E-state index is 0.124. The van der Waals surface area contributed by atoms with Crippen molar-refractivity contribution in [1.82, 2.24) is 0 Å². The standard InChI is InChI=1S/C15H21Cl2N/c1-10(2)8-14(18)15(6-3-7-15)11-4-5-12(16)13(17)9-11/h4-5,9-10,14H,3,6-8,18H2,1-2H3/t14-/m1/s1. The molecular formula is C15H21Cl2N. The van der Waals surface area contributed by atoms with Crippen molar-refractivity contribution in [2.75, 3.05) is 0 Å². The van der Waals surface area contributed by atoms with Crippen molar-refractivity contribution in [2.24, 2.45) is 11.7 Å². The normalized spacial score (nSPS) is 19.7. The van der Waals surface area contributed by atoms with E-state index in [9.17, 15) is 0 Å². The molecule has 1 fully saturated rings. The van der Waals surface area contributed by atoms with E-state index in [0.29, 0.717) is 16.0 Å². The van der Waals surface area contributed by atoms with Crippen molar-refractivity contribution in [1.29, 1.82) is 0 Å². The van der Waals surface area contributed by atoms with E-state index < -0.39 is 0 Å². The predicted molar refractivity (Wildman–Crippen MR) is 79.4 cm³/mol. The Labute approximate surface area is 120 Å². The number of rotatable bonds is 4. The first kappa shape index (κ1) is 14.2. The molecule has 1 aromatic carbocycles. The molecule has 0 aromatic heterocycles. The smallest absolute Gasteiger partial charge is 0.0595 e. The van der Waals surface area contributed by atoms with Gasteiger partial charge < -0.3 is 5.73 Å². The summed E-state index contributed by atoms with van der Waals surface area (Å²) in [5.74, 6) is 0.625. The lowest BCUT2D eigenvalue weighted by atomic mass is 9.59. The summed E-state index contributed by atoms with van der Waals surface area (Å²) in [5, 5.41) is 1.25. The summed E-state index contributed by atoms with van der Waals surface area (Å²) < 4.78 is 0. The molecular weight excluding hydrogens is 265 g/mol. The maximum atomic E-state index is 6.46. The number of hydrogen-bond donors (Lipinski definition) is 1. The quantitative estimate of drug-likeness (QED) is 0.846. The maximum absolute atomic E-state index is 6.46. The molecule has 0 spiro atoms. The Morgan fingerprint density at radius 1 is 1.22 bits per heavy atom. The van der Waals surface area contributed by atoms with Crippen LogP contribution in [0.1, 0.15) is 45.1 Å². The fraction of sp³-hybridized carbons (Fsp3) is 0.600. The summed E-state index contributed by atoms with van der Waals surface area (Å²) in [7, 11) is 0. The van der Waals surface area contributed by atoms with Gasteiger partial charge in [-0.2, -0.15) is 0 Å². The molecule has 0 radical (unpaired) electrons. The molecule has 1 aromatic rings. The molecule has 0 bridgehead atoms. The van der Waals surface area contributed by atoms with Crippen molar-refractivity contribution in [2.45, 2.75) is 51.0 Å². The maximum Gasteiger partial charge on any atom is 0.0595 e. The molecule has 100 valence electrons. The highest BCUT2D eigenvalue weighted by Gasteiger charge is 2.43. The lowest BCUT2D eigenvalue weighted by molar-refractivity contribution is 0.178. The molecule has 0 aliphatic heterocycles. The van der Waals surface area contributed by atoms with Gasteiger partial charge in [-0.25, -0.2) is 0 Å². The molecule has 0 amide bonds. The molecule has 1 nitrogen and oxygen atoms in total. The van der Waals surface area contributed by atoms with Gasteiger partial charge in [-0.15, -0.1) is 0 Å². The van der Waals surface area contributed by atoms with Crippen LogP contribution in [0.15, 0.2) is 18.2 Å². The van der Waals surface area contributed by atoms with Crippen LogP contribution in [0.2, 0.25) is 10.0 Å². The molecule has 1 saturated carbocycles. The lowest BCUT2D eigenvalue weighted by Crippen LogP contribution is -2.50. The van der Waals surface area contributed by atoms with Crippen molar-refractivity contribution < 1.29 is 0 Å². The topological polar surface area (TPSA) is 26.0 Å². The van der Waals surface area contributed by atoms with Gasteiger partial charge in [-0.05, 0) is 42.9 Å². The highest BCUT2D eigenvalue weighted by Crippen LogP contribution is 2.48. The zero-order valence-corrected chi connectivity index (χ0v) is 12.6. The third kappa shape index (κ3) is 2.54. The van der Waals surface area contributed by atoms with Gasteiger partial charge in [-0.3, -0.25) is 0 Å². The molecule has 0 unspecified atom stereocenters. The van der Waals surface area contributed by atoms with Crippen LogP contribution in [-0.2, 0) is 5.41 Å². The Kier molecular flexibility index (Phi) is 4.25. The van der Waals surface area contributed by atoms with Crippen LogP contribution in [0.3, 0.4) is 0 Å². The molecule has 1 aliphatic carbocycles. The summed E-state index contributed by atoms with van der Waals surface area (Å²) >= 11 is 12.1. The van der Waals surface area contributed by atoms with E-state index in [1.807, 2.05) is 12.1 Å². The highest BCUT2D eigenvalue weighted by atomic mass is 35.5. The van der Waals surface area contributed by atoms with Crippen LogP contribution in [0, 0.1) is 5.92 Å². The highest BCUT2D eigenvalue weighted by molar-refractivity contribution is 6.42. The van der Waals surface area contributed by atoms with Crippen LogP contribution < -0.4 is 5.73 Å². The first-order valence-corrected chi connectivity index (χ1v) is 7.42. The molecule has 2 N–H and O–H groups in total. The second kappa shape index (κ2) is 5.40. The summed E-state index contributed by atoms with van der Waals surface area (Å²) in [6.07, 6.45) is 4.64. The molecule has 0 heterocycles. The van der Waals surface area contributed by atoms with Crippen LogP contribution in [0.4, 0.5) is 0 Å². The Balaban J connectivity index is 2.28. The summed E-state index contributed by atoms with van der Waals surface area (Å²) in [6.45, 7) is 4.45. The number of nitrogens with two attached hydrogens (primary N) is 1. The average Bonchev–Trinajstić information content (AvgIpc) is 2.20. The molecule has 3 heteroatoms. The Morgan fingerprint density at radius 2 is 1.89 bits per heavy atom. The van der Waals surface area contributed by atoms with Crippen LogP contribution in [0.25, 0.3) is 0 Å². The van der Waals surface area contributed by atoms with Gasteiger partial charge in [0.25, 0.3) is 0 Å². The van der Waals surface area contributed by atoms with Crippen LogP contribution in [-0.4, -0.2) is 6.04 Å². The minimum absolute atomic E-state index is 0.124.